The molecule has 2 aliphatic heterocycles. The Kier molecular flexibility index (Phi) is 8.68. The van der Waals surface area contributed by atoms with Crippen LogP contribution >= 0.6 is 0 Å². The molecule has 0 radical (unpaired) electrons. The number of anilines is 1. The average Bonchev–Trinajstić information content (AvgIpc) is 2.81. The minimum absolute atomic E-state index is 0.0203. The maximum atomic E-state index is 12.3. The van der Waals surface area contributed by atoms with E-state index in [2.05, 4.69) is 54.6 Å². The van der Waals surface area contributed by atoms with E-state index in [0.717, 1.165) is 51.1 Å². The lowest BCUT2D eigenvalue weighted by Crippen LogP contribution is -2.44. The van der Waals surface area contributed by atoms with Crippen LogP contribution in [-0.4, -0.2) is 61.8 Å². The molecule has 0 aliphatic carbocycles. The Balaban J connectivity index is 0.000000352. The minimum Gasteiger partial charge on any atom is -0.446 e. The minimum atomic E-state index is -0.214. The first-order chi connectivity index (χ1) is 15.5. The lowest BCUT2D eigenvalue weighted by Gasteiger charge is -2.36. The molecular weight excluding hydrogens is 405 g/mol. The number of carbonyl (C=O) groups excluding carboxylic acids is 1. The number of hydrogen-bond acceptors (Lipinski definition) is 4. The van der Waals surface area contributed by atoms with Gasteiger partial charge in [0.2, 0.25) is 0 Å². The molecule has 0 spiro atoms. The van der Waals surface area contributed by atoms with E-state index in [0.29, 0.717) is 0 Å². The highest BCUT2D eigenvalue weighted by molar-refractivity contribution is 5.69. The Morgan fingerprint density at radius 2 is 1.72 bits per heavy atom. The lowest BCUT2D eigenvalue weighted by atomic mass is 10.0. The summed E-state index contributed by atoms with van der Waals surface area (Å²) in [6.45, 7) is 10.9. The van der Waals surface area contributed by atoms with E-state index in [1.165, 1.54) is 17.8 Å². The molecule has 2 aliphatic rings. The summed E-state index contributed by atoms with van der Waals surface area (Å²) in [6.07, 6.45) is 3.17. The van der Waals surface area contributed by atoms with Crippen LogP contribution in [0.5, 0.6) is 0 Å². The van der Waals surface area contributed by atoms with Crippen molar-refractivity contribution in [3.63, 3.8) is 0 Å². The fraction of sp³-hybridized carbons (Fsp3) is 0.423. The number of likely N-dealkylation sites (N-methyl/N-ethyl adjacent to an activating group) is 1. The van der Waals surface area contributed by atoms with Crippen LogP contribution in [0, 0.1) is 5.82 Å². The molecule has 0 aromatic heterocycles. The molecule has 1 amide bonds. The number of nitrogens with zero attached hydrogens (tertiary/aromatic N) is 3. The van der Waals surface area contributed by atoms with Crippen molar-refractivity contribution in [2.75, 3.05) is 44.7 Å². The van der Waals surface area contributed by atoms with Crippen molar-refractivity contribution in [2.45, 2.75) is 31.9 Å². The summed E-state index contributed by atoms with van der Waals surface area (Å²) in [5.41, 5.74) is 2.41. The largest absolute Gasteiger partial charge is 0.446 e. The monoisotopic (exact) mass is 439 g/mol. The Labute approximate surface area is 191 Å². The van der Waals surface area contributed by atoms with Crippen LogP contribution in [0.3, 0.4) is 0 Å². The number of hydrogen-bond donors (Lipinski definition) is 0. The van der Waals surface area contributed by atoms with Gasteiger partial charge in [-0.15, -0.1) is 6.58 Å². The number of piperazine rings is 1. The summed E-state index contributed by atoms with van der Waals surface area (Å²) >= 11 is 0. The van der Waals surface area contributed by atoms with Gasteiger partial charge in [0.15, 0.2) is 0 Å². The number of amides is 1. The van der Waals surface area contributed by atoms with Crippen molar-refractivity contribution in [2.24, 2.45) is 0 Å². The van der Waals surface area contributed by atoms with E-state index in [4.69, 9.17) is 4.74 Å². The molecule has 2 fully saturated rings. The highest BCUT2D eigenvalue weighted by Gasteiger charge is 2.30. The summed E-state index contributed by atoms with van der Waals surface area (Å²) in [5, 5.41) is 0. The Morgan fingerprint density at radius 3 is 2.25 bits per heavy atom. The lowest BCUT2D eigenvalue weighted by molar-refractivity contribution is 0.0146. The molecule has 0 saturated carbocycles. The second kappa shape index (κ2) is 11.7. The van der Waals surface area contributed by atoms with Crippen LogP contribution in [0.4, 0.5) is 14.9 Å². The number of ether oxygens (including phenoxy) is 1. The van der Waals surface area contributed by atoms with Crippen molar-refractivity contribution < 1.29 is 13.9 Å². The topological polar surface area (TPSA) is 36.0 Å². The van der Waals surface area contributed by atoms with Crippen molar-refractivity contribution >= 4 is 11.8 Å². The van der Waals surface area contributed by atoms with Gasteiger partial charge in [0, 0.05) is 51.3 Å². The van der Waals surface area contributed by atoms with Crippen molar-refractivity contribution in [3.8, 4) is 0 Å². The van der Waals surface area contributed by atoms with Gasteiger partial charge in [-0.3, -0.25) is 0 Å². The van der Waals surface area contributed by atoms with E-state index in [1.54, 1.807) is 18.2 Å². The van der Waals surface area contributed by atoms with Crippen LogP contribution < -0.4 is 4.90 Å². The number of benzene rings is 2. The first kappa shape index (κ1) is 23.8. The molecule has 2 unspecified atom stereocenters. The molecular formula is C26H34FN3O2. The van der Waals surface area contributed by atoms with Crippen LogP contribution in [0.15, 0.2) is 67.3 Å². The van der Waals surface area contributed by atoms with Crippen molar-refractivity contribution in [1.82, 2.24) is 9.80 Å². The van der Waals surface area contributed by atoms with Crippen LogP contribution in [-0.2, 0) is 4.74 Å². The second-order valence-corrected chi connectivity index (χ2v) is 8.37. The van der Waals surface area contributed by atoms with Gasteiger partial charge >= 0.3 is 6.09 Å². The highest BCUT2D eigenvalue weighted by Crippen LogP contribution is 2.28. The number of cyclic esters (lactones) is 1. The van der Waals surface area contributed by atoms with Gasteiger partial charge in [-0.25, -0.2) is 9.18 Å². The second-order valence-electron chi connectivity index (χ2n) is 8.37. The van der Waals surface area contributed by atoms with E-state index < -0.39 is 0 Å². The molecule has 2 aromatic rings. The van der Waals surface area contributed by atoms with Gasteiger partial charge in [-0.05, 0) is 43.8 Å². The highest BCUT2D eigenvalue weighted by atomic mass is 19.1. The van der Waals surface area contributed by atoms with Gasteiger partial charge < -0.3 is 19.4 Å². The molecule has 5 nitrogen and oxygen atoms in total. The zero-order chi connectivity index (χ0) is 22.9. The fourth-order valence-electron chi connectivity index (χ4n) is 3.97. The maximum Gasteiger partial charge on any atom is 0.410 e. The van der Waals surface area contributed by atoms with Gasteiger partial charge in [0.25, 0.3) is 0 Å². The number of rotatable bonds is 5. The molecule has 32 heavy (non-hydrogen) atoms. The average molecular weight is 440 g/mol. The third kappa shape index (κ3) is 6.57. The van der Waals surface area contributed by atoms with E-state index >= 15 is 0 Å². The molecule has 2 aromatic carbocycles. The molecule has 0 N–H and O–H groups in total. The standard InChI is InChI=1S/C20H29N3O2.C6H5F/c1-4-5-19-10-11-23(20(24)25-19)16(2)17-6-8-18(9-7-17)22-14-12-21(3)13-15-22;7-6-4-2-1-3-5-6/h4,6-9,16,19H,1,5,10-15H2,2-3H3;1-5H. The van der Waals surface area contributed by atoms with E-state index in [-0.39, 0.29) is 24.1 Å². The normalized spacial score (nSPS) is 20.1. The molecule has 172 valence electrons. The first-order valence-electron chi connectivity index (χ1n) is 11.3. The summed E-state index contributed by atoms with van der Waals surface area (Å²) < 4.78 is 17.4. The predicted octanol–water partition coefficient (Wildman–Crippen LogP) is 5.11. The van der Waals surface area contributed by atoms with Crippen molar-refractivity contribution in [3.05, 3.63) is 78.6 Å². The molecule has 2 atom stereocenters. The zero-order valence-corrected chi connectivity index (χ0v) is 19.1. The van der Waals surface area contributed by atoms with Gasteiger partial charge in [0.05, 0.1) is 6.04 Å². The SMILES string of the molecule is C=CCC1CCN(C(C)c2ccc(N3CCN(C)CC3)cc2)C(=O)O1.Fc1ccccc1. The third-order valence-corrected chi connectivity index (χ3v) is 6.07. The van der Waals surface area contributed by atoms with Crippen LogP contribution in [0.2, 0.25) is 0 Å². The Morgan fingerprint density at radius 1 is 1.06 bits per heavy atom. The summed E-state index contributed by atoms with van der Waals surface area (Å²) in [6, 6.07) is 16.6. The van der Waals surface area contributed by atoms with Gasteiger partial charge in [0.1, 0.15) is 11.9 Å². The first-order valence-corrected chi connectivity index (χ1v) is 11.3. The Bertz CT molecular complexity index is 851. The predicted molar refractivity (Wildman–Crippen MR) is 127 cm³/mol. The van der Waals surface area contributed by atoms with Gasteiger partial charge in [-0.1, -0.05) is 36.4 Å². The molecule has 2 saturated heterocycles. The Hall–Kier alpha value is -2.86. The third-order valence-electron chi connectivity index (χ3n) is 6.07. The summed E-state index contributed by atoms with van der Waals surface area (Å²) in [4.78, 5) is 18.9. The number of carbonyl (C=O) groups is 1. The number of halogens is 1. The summed E-state index contributed by atoms with van der Waals surface area (Å²) in [5.74, 6) is -0.178. The van der Waals surface area contributed by atoms with Crippen LogP contribution in [0.1, 0.15) is 31.4 Å². The molecule has 4 rings (SSSR count). The maximum absolute atomic E-state index is 12.3. The smallest absolute Gasteiger partial charge is 0.410 e. The molecule has 0 bridgehead atoms. The molecule has 2 heterocycles. The van der Waals surface area contributed by atoms with E-state index in [9.17, 15) is 9.18 Å². The van der Waals surface area contributed by atoms with Crippen LogP contribution in [0.25, 0.3) is 0 Å². The fourth-order valence-corrected chi connectivity index (χ4v) is 3.97. The van der Waals surface area contributed by atoms with Gasteiger partial charge in [-0.2, -0.15) is 0 Å². The quantitative estimate of drug-likeness (QED) is 0.607. The zero-order valence-electron chi connectivity index (χ0n) is 19.1. The van der Waals surface area contributed by atoms with Crippen molar-refractivity contribution in [1.29, 1.82) is 0 Å². The van der Waals surface area contributed by atoms with E-state index in [1.807, 2.05) is 11.0 Å². The molecule has 6 heteroatoms. The summed E-state index contributed by atoms with van der Waals surface area (Å²) in [7, 11) is 2.17.